The predicted octanol–water partition coefficient (Wildman–Crippen LogP) is 3.77. The Balaban J connectivity index is 2.24. The third-order valence-electron chi connectivity index (χ3n) is 2.88. The van der Waals surface area contributed by atoms with Crippen molar-refractivity contribution in [2.24, 2.45) is 0 Å². The van der Waals surface area contributed by atoms with E-state index < -0.39 is 4.51 Å². The lowest BCUT2D eigenvalue weighted by atomic mass is 9.95. The molecule has 0 spiro atoms. The number of hydrogen-bond acceptors (Lipinski definition) is 3. The first-order chi connectivity index (χ1) is 9.06. The number of ether oxygens (including phenoxy) is 1. The van der Waals surface area contributed by atoms with Crippen LogP contribution < -0.4 is 0 Å². The summed E-state index contributed by atoms with van der Waals surface area (Å²) in [6, 6.07) is 8.91. The summed E-state index contributed by atoms with van der Waals surface area (Å²) < 4.78 is 4.78. The molecular formula is C15H15BrO3. The highest BCUT2D eigenvalue weighted by Gasteiger charge is 2.31. The molecule has 0 amide bonds. The smallest absolute Gasteiger partial charge is 0.196 e. The number of Topliss-reactive ketones (excluding diaryl/α,β-unsaturated/α-hetero) is 1. The zero-order valence-electron chi connectivity index (χ0n) is 10.6. The maximum Gasteiger partial charge on any atom is 0.196 e. The molecular weight excluding hydrogens is 308 g/mol. The van der Waals surface area contributed by atoms with Crippen LogP contribution in [0, 0.1) is 0 Å². The fourth-order valence-electron chi connectivity index (χ4n) is 1.98. The molecule has 3 nitrogen and oxygen atoms in total. The molecule has 1 aromatic rings. The van der Waals surface area contributed by atoms with Crippen LogP contribution in [0.3, 0.4) is 0 Å². The van der Waals surface area contributed by atoms with Crippen molar-refractivity contribution in [2.45, 2.75) is 17.9 Å². The Hall–Kier alpha value is -1.39. The minimum absolute atomic E-state index is 0.0432. The summed E-state index contributed by atoms with van der Waals surface area (Å²) in [6.07, 6.45) is 3.61. The number of carbonyl (C=O) groups excluding carboxylic acids is 1. The molecule has 1 N–H and O–H groups in total. The highest BCUT2D eigenvalue weighted by Crippen LogP contribution is 2.35. The van der Waals surface area contributed by atoms with Gasteiger partial charge in [0.2, 0.25) is 0 Å². The maximum atomic E-state index is 12.3. The van der Waals surface area contributed by atoms with Crippen LogP contribution >= 0.6 is 15.9 Å². The molecule has 0 radical (unpaired) electrons. The summed E-state index contributed by atoms with van der Waals surface area (Å²) in [4.78, 5) is 12.3. The van der Waals surface area contributed by atoms with Gasteiger partial charge in [0.05, 0.1) is 5.57 Å². The van der Waals surface area contributed by atoms with Crippen LogP contribution in [0.2, 0.25) is 0 Å². The summed E-state index contributed by atoms with van der Waals surface area (Å²) in [7, 11) is 0. The van der Waals surface area contributed by atoms with Gasteiger partial charge >= 0.3 is 0 Å². The van der Waals surface area contributed by atoms with Crippen LogP contribution in [-0.4, -0.2) is 22.0 Å². The van der Waals surface area contributed by atoms with Crippen LogP contribution in [-0.2, 0) is 4.74 Å². The molecule has 0 fully saturated rings. The van der Waals surface area contributed by atoms with Gasteiger partial charge in [-0.05, 0) is 35.0 Å². The standard InChI is InChI=1S/C15H15BrO3/c1-2-19-15(16)9-8-12(13(17)10-15)14(18)11-6-4-3-5-7-11/h3-9,17H,2,10H2,1H3. The lowest BCUT2D eigenvalue weighted by Gasteiger charge is -2.27. The molecule has 0 bridgehead atoms. The highest BCUT2D eigenvalue weighted by atomic mass is 79.9. The number of rotatable bonds is 4. The zero-order valence-corrected chi connectivity index (χ0v) is 12.2. The van der Waals surface area contributed by atoms with Gasteiger partial charge in [-0.3, -0.25) is 4.79 Å². The maximum absolute atomic E-state index is 12.3. The van der Waals surface area contributed by atoms with E-state index in [9.17, 15) is 9.90 Å². The van der Waals surface area contributed by atoms with E-state index in [2.05, 4.69) is 15.9 Å². The van der Waals surface area contributed by atoms with Gasteiger partial charge in [-0.25, -0.2) is 0 Å². The average molecular weight is 323 g/mol. The summed E-state index contributed by atoms with van der Waals surface area (Å²) in [5.41, 5.74) is 0.883. The largest absolute Gasteiger partial charge is 0.511 e. The minimum atomic E-state index is -0.716. The van der Waals surface area contributed by atoms with Crippen molar-refractivity contribution in [3.63, 3.8) is 0 Å². The van der Waals surface area contributed by atoms with Crippen molar-refractivity contribution < 1.29 is 14.6 Å². The first-order valence-corrected chi connectivity index (χ1v) is 6.89. The fourth-order valence-corrected chi connectivity index (χ4v) is 2.60. The summed E-state index contributed by atoms with van der Waals surface area (Å²) in [5.74, 6) is -0.137. The molecule has 1 aliphatic carbocycles. The van der Waals surface area contributed by atoms with Gasteiger partial charge < -0.3 is 9.84 Å². The summed E-state index contributed by atoms with van der Waals surface area (Å²) >= 11 is 3.41. The van der Waals surface area contributed by atoms with Crippen molar-refractivity contribution in [2.75, 3.05) is 6.61 Å². The second-order valence-corrected chi connectivity index (χ2v) is 5.63. The number of halogens is 1. The van der Waals surface area contributed by atoms with E-state index in [0.717, 1.165) is 0 Å². The average Bonchev–Trinajstić information content (AvgIpc) is 2.39. The van der Waals surface area contributed by atoms with E-state index in [1.807, 2.05) is 13.0 Å². The van der Waals surface area contributed by atoms with Gasteiger partial charge in [0.1, 0.15) is 10.3 Å². The van der Waals surface area contributed by atoms with E-state index in [1.165, 1.54) is 0 Å². The van der Waals surface area contributed by atoms with Crippen LogP contribution in [0.1, 0.15) is 23.7 Å². The number of alkyl halides is 1. The normalized spacial score (nSPS) is 22.6. The van der Waals surface area contributed by atoms with Gasteiger partial charge in [-0.15, -0.1) is 0 Å². The highest BCUT2D eigenvalue weighted by molar-refractivity contribution is 9.10. The van der Waals surface area contributed by atoms with Crippen molar-refractivity contribution >= 4 is 21.7 Å². The monoisotopic (exact) mass is 322 g/mol. The summed E-state index contributed by atoms with van der Waals surface area (Å²) in [5, 5.41) is 10.1. The first-order valence-electron chi connectivity index (χ1n) is 6.10. The third-order valence-corrected chi connectivity index (χ3v) is 3.66. The number of aliphatic hydroxyl groups is 1. The Bertz CT molecular complexity index is 534. The molecule has 0 aliphatic heterocycles. The van der Waals surface area contributed by atoms with Crippen molar-refractivity contribution in [3.05, 3.63) is 59.4 Å². The Morgan fingerprint density at radius 2 is 2.11 bits per heavy atom. The van der Waals surface area contributed by atoms with E-state index in [4.69, 9.17) is 4.74 Å². The van der Waals surface area contributed by atoms with Gasteiger partial charge in [0.25, 0.3) is 0 Å². The van der Waals surface area contributed by atoms with E-state index in [1.54, 1.807) is 36.4 Å². The Kier molecular flexibility index (Phi) is 4.22. The molecule has 1 aromatic carbocycles. The molecule has 100 valence electrons. The van der Waals surface area contributed by atoms with Crippen molar-refractivity contribution in [3.8, 4) is 0 Å². The van der Waals surface area contributed by atoms with Gasteiger partial charge in [-0.2, -0.15) is 0 Å². The molecule has 1 atom stereocenters. The Labute approximate surface area is 120 Å². The van der Waals surface area contributed by atoms with Crippen LogP contribution in [0.15, 0.2) is 53.8 Å². The van der Waals surface area contributed by atoms with Crippen LogP contribution in [0.4, 0.5) is 0 Å². The second kappa shape index (κ2) is 5.72. The molecule has 1 unspecified atom stereocenters. The van der Waals surface area contributed by atoms with Crippen LogP contribution in [0.5, 0.6) is 0 Å². The number of ketones is 1. The lowest BCUT2D eigenvalue weighted by molar-refractivity contribution is 0.0655. The molecule has 0 heterocycles. The third kappa shape index (κ3) is 3.14. The quantitative estimate of drug-likeness (QED) is 0.678. The molecule has 0 aromatic heterocycles. The van der Waals surface area contributed by atoms with E-state index in [0.29, 0.717) is 17.7 Å². The van der Waals surface area contributed by atoms with E-state index >= 15 is 0 Å². The number of benzene rings is 1. The molecule has 0 saturated heterocycles. The second-order valence-electron chi connectivity index (χ2n) is 4.28. The molecule has 1 aliphatic rings. The minimum Gasteiger partial charge on any atom is -0.511 e. The van der Waals surface area contributed by atoms with Crippen LogP contribution in [0.25, 0.3) is 0 Å². The lowest BCUT2D eigenvalue weighted by Crippen LogP contribution is -2.27. The molecule has 4 heteroatoms. The molecule has 2 rings (SSSR count). The van der Waals surface area contributed by atoms with Crippen molar-refractivity contribution in [1.82, 2.24) is 0 Å². The Morgan fingerprint density at radius 1 is 1.42 bits per heavy atom. The van der Waals surface area contributed by atoms with Gasteiger partial charge in [0, 0.05) is 18.6 Å². The molecule has 0 saturated carbocycles. The predicted molar refractivity (Wildman–Crippen MR) is 77.5 cm³/mol. The number of allylic oxidation sites excluding steroid dienone is 2. The van der Waals surface area contributed by atoms with E-state index in [-0.39, 0.29) is 18.0 Å². The topological polar surface area (TPSA) is 46.5 Å². The first kappa shape index (κ1) is 14.0. The zero-order chi connectivity index (χ0) is 13.9. The van der Waals surface area contributed by atoms with Gasteiger partial charge in [-0.1, -0.05) is 30.3 Å². The summed E-state index contributed by atoms with van der Waals surface area (Å²) in [6.45, 7) is 2.40. The number of aliphatic hydroxyl groups excluding tert-OH is 1. The SMILES string of the molecule is CCOC1(Br)C=CC(C(=O)c2ccccc2)=C(O)C1. The van der Waals surface area contributed by atoms with Crippen molar-refractivity contribution in [1.29, 1.82) is 0 Å². The van der Waals surface area contributed by atoms with Gasteiger partial charge in [0.15, 0.2) is 5.78 Å². The number of carbonyl (C=O) groups is 1. The molecule has 19 heavy (non-hydrogen) atoms. The number of hydrogen-bond donors (Lipinski definition) is 1. The Morgan fingerprint density at radius 3 is 2.68 bits per heavy atom. The fraction of sp³-hybridized carbons (Fsp3) is 0.267.